The molecule has 1 amide bonds. The Balaban J connectivity index is 2.01. The summed E-state index contributed by atoms with van der Waals surface area (Å²) in [5, 5.41) is 17.0. The number of carbonyl (C=O) groups excluding carboxylic acids is 1. The van der Waals surface area contributed by atoms with Crippen molar-refractivity contribution in [2.45, 2.75) is 19.6 Å². The van der Waals surface area contributed by atoms with E-state index in [9.17, 15) is 23.1 Å². The molecule has 2 N–H and O–H groups in total. The van der Waals surface area contributed by atoms with Crippen LogP contribution in [0.25, 0.3) is 0 Å². The lowest BCUT2D eigenvalue weighted by atomic mass is 10.1. The number of hydrogen-bond donors (Lipinski definition) is 2. The van der Waals surface area contributed by atoms with Crippen molar-refractivity contribution in [1.29, 1.82) is 0 Å². The van der Waals surface area contributed by atoms with E-state index in [0.717, 1.165) is 16.9 Å². The summed E-state index contributed by atoms with van der Waals surface area (Å²) in [5.74, 6) is -0.293. The summed E-state index contributed by atoms with van der Waals surface area (Å²) in [7, 11) is 1.45. The van der Waals surface area contributed by atoms with Crippen LogP contribution in [0.5, 0.6) is 11.5 Å². The van der Waals surface area contributed by atoms with Gasteiger partial charge in [-0.2, -0.15) is 23.4 Å². The Morgan fingerprint density at radius 2 is 2.12 bits per heavy atom. The number of phenolic OH excluding ortho intramolecular Hbond substituents is 1. The van der Waals surface area contributed by atoms with Crippen molar-refractivity contribution < 1.29 is 27.8 Å². The predicted molar refractivity (Wildman–Crippen MR) is 82.2 cm³/mol. The van der Waals surface area contributed by atoms with Crippen LogP contribution in [0.3, 0.4) is 0 Å². The number of benzene rings is 1. The second-order valence-electron chi connectivity index (χ2n) is 5.01. The normalized spacial score (nSPS) is 12.1. The van der Waals surface area contributed by atoms with Crippen LogP contribution in [-0.4, -0.2) is 33.6 Å². The molecule has 0 saturated heterocycles. The number of phenols is 1. The van der Waals surface area contributed by atoms with Crippen molar-refractivity contribution in [3.05, 3.63) is 41.7 Å². The Morgan fingerprint density at radius 3 is 2.68 bits per heavy atom. The number of halogens is 3. The maximum atomic E-state index is 12.4. The van der Waals surface area contributed by atoms with Crippen LogP contribution in [0, 0.1) is 0 Å². The number of aromatic nitrogens is 2. The lowest BCUT2D eigenvalue weighted by molar-refractivity contribution is -0.141. The summed E-state index contributed by atoms with van der Waals surface area (Å²) in [6, 6.07) is 5.33. The summed E-state index contributed by atoms with van der Waals surface area (Å²) < 4.78 is 43.1. The van der Waals surface area contributed by atoms with Crippen molar-refractivity contribution in [3.8, 4) is 11.5 Å². The number of aromatic hydroxyl groups is 1. The average molecular weight is 356 g/mol. The third-order valence-corrected chi connectivity index (χ3v) is 3.18. The van der Waals surface area contributed by atoms with E-state index >= 15 is 0 Å². The van der Waals surface area contributed by atoms with E-state index in [1.165, 1.54) is 13.2 Å². The molecular weight excluding hydrogens is 341 g/mol. The first-order valence-corrected chi connectivity index (χ1v) is 7.02. The molecule has 25 heavy (non-hydrogen) atoms. The van der Waals surface area contributed by atoms with E-state index in [1.807, 2.05) is 0 Å². The molecule has 1 aromatic heterocycles. The van der Waals surface area contributed by atoms with Crippen molar-refractivity contribution >= 4 is 11.6 Å². The molecule has 0 fully saturated rings. The maximum Gasteiger partial charge on any atom is 0.435 e. The van der Waals surface area contributed by atoms with Crippen molar-refractivity contribution in [3.63, 3.8) is 0 Å². The third kappa shape index (κ3) is 4.72. The van der Waals surface area contributed by atoms with Gasteiger partial charge in [-0.05, 0) is 25.1 Å². The number of amides is 1. The Morgan fingerprint density at radius 1 is 1.40 bits per heavy atom. The number of nitrogens with zero attached hydrogens (tertiary/aromatic N) is 3. The van der Waals surface area contributed by atoms with E-state index < -0.39 is 24.3 Å². The van der Waals surface area contributed by atoms with Gasteiger partial charge in [0.25, 0.3) is 5.91 Å². The zero-order valence-electron chi connectivity index (χ0n) is 13.3. The number of rotatable bonds is 5. The minimum atomic E-state index is -4.57. The van der Waals surface area contributed by atoms with Gasteiger partial charge in [-0.15, -0.1) is 0 Å². The first-order chi connectivity index (χ1) is 11.7. The Labute approximate surface area is 140 Å². The molecule has 1 aromatic carbocycles. The lowest BCUT2D eigenvalue weighted by Crippen LogP contribution is -2.24. The molecule has 0 aliphatic carbocycles. The summed E-state index contributed by atoms with van der Waals surface area (Å²) in [5.41, 5.74) is 1.80. The first kappa shape index (κ1) is 18.3. The molecule has 2 aromatic rings. The average Bonchev–Trinajstić information content (AvgIpc) is 3.01. The number of methoxy groups -OCH3 is 1. The molecule has 0 saturated carbocycles. The fourth-order valence-electron chi connectivity index (χ4n) is 1.93. The smallest absolute Gasteiger partial charge is 0.435 e. The highest BCUT2D eigenvalue weighted by molar-refractivity contribution is 6.01. The molecule has 0 unspecified atom stereocenters. The van der Waals surface area contributed by atoms with Gasteiger partial charge in [-0.1, -0.05) is 0 Å². The van der Waals surface area contributed by atoms with E-state index in [2.05, 4.69) is 15.6 Å². The molecule has 7 nitrogen and oxygen atoms in total. The van der Waals surface area contributed by atoms with Gasteiger partial charge in [0.2, 0.25) is 0 Å². The molecule has 1 heterocycles. The largest absolute Gasteiger partial charge is 0.507 e. The summed E-state index contributed by atoms with van der Waals surface area (Å²) >= 11 is 0. The van der Waals surface area contributed by atoms with Crippen LogP contribution in [0.2, 0.25) is 0 Å². The molecule has 0 bridgehead atoms. The highest BCUT2D eigenvalue weighted by Crippen LogP contribution is 2.27. The van der Waals surface area contributed by atoms with Gasteiger partial charge in [0.15, 0.2) is 5.69 Å². The summed E-state index contributed by atoms with van der Waals surface area (Å²) in [6.07, 6.45) is -3.52. The van der Waals surface area contributed by atoms with Gasteiger partial charge in [-0.3, -0.25) is 9.48 Å². The minimum Gasteiger partial charge on any atom is -0.507 e. The standard InChI is InChI=1S/C15H15F3N4O3/c1-9(11-4-3-10(25-2)7-12(11)23)19-20-14(24)8-22-6-5-13(21-22)15(16,17)18/h3-7,23H,8H2,1-2H3,(H,20,24). The maximum absolute atomic E-state index is 12.4. The molecule has 0 atom stereocenters. The van der Waals surface area contributed by atoms with Crippen LogP contribution >= 0.6 is 0 Å². The highest BCUT2D eigenvalue weighted by atomic mass is 19.4. The number of hydrazone groups is 1. The molecule has 0 radical (unpaired) electrons. The fourth-order valence-corrected chi connectivity index (χ4v) is 1.93. The van der Waals surface area contributed by atoms with Gasteiger partial charge in [0.05, 0.1) is 12.8 Å². The van der Waals surface area contributed by atoms with Crippen LogP contribution in [0.1, 0.15) is 18.2 Å². The molecular formula is C15H15F3N4O3. The topological polar surface area (TPSA) is 88.7 Å². The minimum absolute atomic E-state index is 0.0863. The quantitative estimate of drug-likeness (QED) is 0.635. The van der Waals surface area contributed by atoms with E-state index in [1.54, 1.807) is 19.1 Å². The Kier molecular flexibility index (Phi) is 5.30. The van der Waals surface area contributed by atoms with E-state index in [-0.39, 0.29) is 5.75 Å². The number of ether oxygens (including phenoxy) is 1. The summed E-state index contributed by atoms with van der Waals surface area (Å²) in [4.78, 5) is 11.7. The monoisotopic (exact) mass is 356 g/mol. The Bertz CT molecular complexity index is 800. The SMILES string of the molecule is COc1ccc(C(C)=NNC(=O)Cn2ccc(C(F)(F)F)n2)c(O)c1. The molecule has 0 aliphatic heterocycles. The van der Waals surface area contributed by atoms with E-state index in [4.69, 9.17) is 4.74 Å². The van der Waals surface area contributed by atoms with Gasteiger partial charge in [-0.25, -0.2) is 5.43 Å². The summed E-state index contributed by atoms with van der Waals surface area (Å²) in [6.45, 7) is 1.12. The highest BCUT2D eigenvalue weighted by Gasteiger charge is 2.33. The predicted octanol–water partition coefficient (Wildman–Crippen LogP) is 2.16. The van der Waals surface area contributed by atoms with Gasteiger partial charge < -0.3 is 9.84 Å². The molecule has 10 heteroatoms. The number of carbonyl (C=O) groups is 1. The second kappa shape index (κ2) is 7.24. The second-order valence-corrected chi connectivity index (χ2v) is 5.01. The van der Waals surface area contributed by atoms with Crippen LogP contribution < -0.4 is 10.2 Å². The lowest BCUT2D eigenvalue weighted by Gasteiger charge is -2.07. The zero-order valence-corrected chi connectivity index (χ0v) is 13.3. The number of alkyl halides is 3. The van der Waals surface area contributed by atoms with Crippen LogP contribution in [0.15, 0.2) is 35.6 Å². The van der Waals surface area contributed by atoms with Crippen molar-refractivity contribution in [2.75, 3.05) is 7.11 Å². The first-order valence-electron chi connectivity index (χ1n) is 7.02. The fraction of sp³-hybridized carbons (Fsp3) is 0.267. The van der Waals surface area contributed by atoms with E-state index in [0.29, 0.717) is 17.0 Å². The number of nitrogens with one attached hydrogen (secondary N) is 1. The third-order valence-electron chi connectivity index (χ3n) is 3.18. The van der Waals surface area contributed by atoms with Gasteiger partial charge >= 0.3 is 6.18 Å². The van der Waals surface area contributed by atoms with Crippen molar-refractivity contribution in [2.24, 2.45) is 5.10 Å². The Hall–Kier alpha value is -3.04. The van der Waals surface area contributed by atoms with Crippen LogP contribution in [0.4, 0.5) is 13.2 Å². The van der Waals surface area contributed by atoms with Gasteiger partial charge in [0.1, 0.15) is 18.0 Å². The number of hydrogen-bond acceptors (Lipinski definition) is 5. The van der Waals surface area contributed by atoms with Crippen molar-refractivity contribution in [1.82, 2.24) is 15.2 Å². The molecule has 0 spiro atoms. The van der Waals surface area contributed by atoms with Gasteiger partial charge in [0, 0.05) is 17.8 Å². The molecule has 0 aliphatic rings. The molecule has 2 rings (SSSR count). The molecule has 134 valence electrons. The zero-order chi connectivity index (χ0) is 18.6. The van der Waals surface area contributed by atoms with Crippen LogP contribution in [-0.2, 0) is 17.5 Å².